The quantitative estimate of drug-likeness (QED) is 0.769. The highest BCUT2D eigenvalue weighted by molar-refractivity contribution is 7.17. The van der Waals surface area contributed by atoms with Crippen molar-refractivity contribution in [3.05, 3.63) is 40.9 Å². The Morgan fingerprint density at radius 1 is 1.29 bits per heavy atom. The third-order valence-corrected chi connectivity index (χ3v) is 4.49. The summed E-state index contributed by atoms with van der Waals surface area (Å²) in [5.41, 5.74) is 1.69. The van der Waals surface area contributed by atoms with Crippen molar-refractivity contribution < 1.29 is 14.6 Å². The number of rotatable bonds is 8. The van der Waals surface area contributed by atoms with Crippen molar-refractivity contribution in [2.45, 2.75) is 26.9 Å². The van der Waals surface area contributed by atoms with E-state index in [0.717, 1.165) is 10.6 Å². The largest absolute Gasteiger partial charge is 0.389 e. The lowest BCUT2D eigenvalue weighted by Crippen LogP contribution is -2.34. The average Bonchev–Trinajstić information content (AvgIpc) is 2.95. The smallest absolute Gasteiger partial charge is 0.263 e. The molecule has 0 radical (unpaired) electrons. The highest BCUT2D eigenvalue weighted by atomic mass is 32.1. The number of hydrogen-bond acceptors (Lipinski definition) is 5. The van der Waals surface area contributed by atoms with Gasteiger partial charge in [0, 0.05) is 18.7 Å². The third-order valence-electron chi connectivity index (χ3n) is 3.28. The second-order valence-corrected chi connectivity index (χ2v) is 7.09. The molecule has 1 unspecified atom stereocenters. The zero-order valence-corrected chi connectivity index (χ0v) is 15.1. The molecule has 0 aliphatic rings. The first-order valence-electron chi connectivity index (χ1n) is 8.04. The molecule has 1 aromatic heterocycles. The number of aliphatic hydroxyl groups is 1. The molecule has 0 aliphatic carbocycles. The number of amides is 1. The van der Waals surface area contributed by atoms with Gasteiger partial charge < -0.3 is 15.2 Å². The van der Waals surface area contributed by atoms with Crippen molar-refractivity contribution in [3.8, 4) is 10.6 Å². The molecule has 0 fully saturated rings. The zero-order valence-electron chi connectivity index (χ0n) is 14.3. The third kappa shape index (κ3) is 5.40. The van der Waals surface area contributed by atoms with Crippen molar-refractivity contribution in [1.29, 1.82) is 0 Å². The molecule has 24 heavy (non-hydrogen) atoms. The maximum absolute atomic E-state index is 12.3. The molecule has 2 aromatic rings. The van der Waals surface area contributed by atoms with Crippen molar-refractivity contribution in [2.24, 2.45) is 5.92 Å². The van der Waals surface area contributed by atoms with Crippen LogP contribution in [-0.2, 0) is 4.74 Å². The molecular weight excluding hydrogens is 324 g/mol. The van der Waals surface area contributed by atoms with Crippen LogP contribution in [0.1, 0.15) is 29.2 Å². The Kier molecular flexibility index (Phi) is 6.90. The molecule has 1 atom stereocenters. The lowest BCUT2D eigenvalue weighted by molar-refractivity contribution is 0.0259. The molecule has 2 rings (SSSR count). The van der Waals surface area contributed by atoms with Crippen molar-refractivity contribution in [1.82, 2.24) is 10.3 Å². The predicted molar refractivity (Wildman–Crippen MR) is 96.3 cm³/mol. The van der Waals surface area contributed by atoms with Crippen LogP contribution in [0.4, 0.5) is 0 Å². The lowest BCUT2D eigenvalue weighted by Gasteiger charge is -2.13. The minimum atomic E-state index is -0.713. The van der Waals surface area contributed by atoms with Gasteiger partial charge in [-0.2, -0.15) is 0 Å². The van der Waals surface area contributed by atoms with Crippen LogP contribution in [-0.4, -0.2) is 41.9 Å². The van der Waals surface area contributed by atoms with E-state index in [1.54, 1.807) is 0 Å². The lowest BCUT2D eigenvalue weighted by atomic mass is 10.2. The number of hydrogen-bond donors (Lipinski definition) is 2. The molecule has 0 spiro atoms. The Hall–Kier alpha value is -1.76. The summed E-state index contributed by atoms with van der Waals surface area (Å²) < 4.78 is 5.37. The second-order valence-electron chi connectivity index (χ2n) is 6.09. The Balaban J connectivity index is 1.90. The molecule has 5 nitrogen and oxygen atoms in total. The highest BCUT2D eigenvalue weighted by Crippen LogP contribution is 2.27. The summed E-state index contributed by atoms with van der Waals surface area (Å²) in [5.74, 6) is 0.207. The fourth-order valence-electron chi connectivity index (χ4n) is 2.10. The summed E-state index contributed by atoms with van der Waals surface area (Å²) >= 11 is 1.36. The van der Waals surface area contributed by atoms with Crippen LogP contribution >= 0.6 is 11.3 Å². The highest BCUT2D eigenvalue weighted by Gasteiger charge is 2.17. The molecule has 2 N–H and O–H groups in total. The van der Waals surface area contributed by atoms with Crippen molar-refractivity contribution >= 4 is 17.2 Å². The van der Waals surface area contributed by atoms with Gasteiger partial charge >= 0.3 is 0 Å². The van der Waals surface area contributed by atoms with Gasteiger partial charge in [-0.05, 0) is 12.8 Å². The van der Waals surface area contributed by atoms with Crippen LogP contribution < -0.4 is 5.32 Å². The minimum absolute atomic E-state index is 0.162. The number of carbonyl (C=O) groups is 1. The minimum Gasteiger partial charge on any atom is -0.389 e. The van der Waals surface area contributed by atoms with Crippen LogP contribution in [0.5, 0.6) is 0 Å². The van der Waals surface area contributed by atoms with E-state index in [1.807, 2.05) is 51.1 Å². The van der Waals surface area contributed by atoms with E-state index >= 15 is 0 Å². The monoisotopic (exact) mass is 348 g/mol. The van der Waals surface area contributed by atoms with E-state index in [0.29, 0.717) is 23.1 Å². The van der Waals surface area contributed by atoms with E-state index in [4.69, 9.17) is 4.74 Å². The van der Waals surface area contributed by atoms with Gasteiger partial charge in [0.15, 0.2) is 0 Å². The number of aryl methyl sites for hydroxylation is 1. The summed E-state index contributed by atoms with van der Waals surface area (Å²) in [6.07, 6.45) is -0.713. The number of nitrogens with one attached hydrogen (secondary N) is 1. The van der Waals surface area contributed by atoms with Crippen molar-refractivity contribution in [2.75, 3.05) is 19.8 Å². The number of benzene rings is 1. The van der Waals surface area contributed by atoms with E-state index in [9.17, 15) is 9.90 Å². The normalized spacial score (nSPS) is 12.4. The predicted octanol–water partition coefficient (Wildman–Crippen LogP) is 2.88. The number of nitrogens with zero attached hydrogens (tertiary/aromatic N) is 1. The van der Waals surface area contributed by atoms with Crippen LogP contribution in [0.25, 0.3) is 10.6 Å². The molecule has 0 saturated carbocycles. The number of carbonyl (C=O) groups excluding carboxylic acids is 1. The summed E-state index contributed by atoms with van der Waals surface area (Å²) in [6, 6.07) is 9.77. The molecule has 1 amide bonds. The first-order valence-corrected chi connectivity index (χ1v) is 8.86. The SMILES string of the molecule is Cc1nc(-c2ccccc2)sc1C(=O)NCC(O)COCC(C)C. The van der Waals surface area contributed by atoms with Crippen LogP contribution in [0, 0.1) is 12.8 Å². The Labute approximate surface area is 146 Å². The number of thiazole rings is 1. The van der Waals surface area contributed by atoms with Crippen molar-refractivity contribution in [3.63, 3.8) is 0 Å². The van der Waals surface area contributed by atoms with E-state index in [1.165, 1.54) is 11.3 Å². The van der Waals surface area contributed by atoms with Gasteiger partial charge in [-0.25, -0.2) is 4.98 Å². The van der Waals surface area contributed by atoms with Crippen LogP contribution in [0.3, 0.4) is 0 Å². The van der Waals surface area contributed by atoms with E-state index < -0.39 is 6.10 Å². The fourth-order valence-corrected chi connectivity index (χ4v) is 3.09. The second kappa shape index (κ2) is 8.92. The molecule has 0 bridgehead atoms. The first-order chi connectivity index (χ1) is 11.5. The van der Waals surface area contributed by atoms with Crippen LogP contribution in [0.15, 0.2) is 30.3 Å². The van der Waals surface area contributed by atoms with E-state index in [-0.39, 0.29) is 19.1 Å². The summed E-state index contributed by atoms with van der Waals surface area (Å²) in [4.78, 5) is 17.3. The maximum Gasteiger partial charge on any atom is 0.263 e. The topological polar surface area (TPSA) is 71.5 Å². The fraction of sp³-hybridized carbons (Fsp3) is 0.444. The molecular formula is C18H24N2O3S. The average molecular weight is 348 g/mol. The molecule has 1 heterocycles. The Morgan fingerprint density at radius 2 is 2.00 bits per heavy atom. The van der Waals surface area contributed by atoms with E-state index in [2.05, 4.69) is 10.3 Å². The summed E-state index contributed by atoms with van der Waals surface area (Å²) in [7, 11) is 0. The van der Waals surface area contributed by atoms with Gasteiger partial charge in [0.05, 0.1) is 18.4 Å². The summed E-state index contributed by atoms with van der Waals surface area (Å²) in [6.45, 7) is 6.89. The molecule has 130 valence electrons. The molecule has 0 saturated heterocycles. The maximum atomic E-state index is 12.3. The number of aliphatic hydroxyl groups excluding tert-OH is 1. The Bertz CT molecular complexity index is 656. The van der Waals surface area contributed by atoms with Gasteiger partial charge in [-0.15, -0.1) is 11.3 Å². The van der Waals surface area contributed by atoms with Gasteiger partial charge in [0.25, 0.3) is 5.91 Å². The summed E-state index contributed by atoms with van der Waals surface area (Å²) in [5, 5.41) is 13.4. The van der Waals surface area contributed by atoms with Gasteiger partial charge in [0.1, 0.15) is 9.88 Å². The Morgan fingerprint density at radius 3 is 2.67 bits per heavy atom. The number of aromatic nitrogens is 1. The molecule has 0 aliphatic heterocycles. The molecule has 1 aromatic carbocycles. The zero-order chi connectivity index (χ0) is 17.5. The van der Waals surface area contributed by atoms with Gasteiger partial charge in [0.2, 0.25) is 0 Å². The standard InChI is InChI=1S/C18H24N2O3S/c1-12(2)10-23-11-15(21)9-19-17(22)16-13(3)20-18(24-16)14-7-5-4-6-8-14/h4-8,12,15,21H,9-11H2,1-3H3,(H,19,22). The van der Waals surface area contributed by atoms with Gasteiger partial charge in [-0.3, -0.25) is 4.79 Å². The van der Waals surface area contributed by atoms with Crippen LogP contribution in [0.2, 0.25) is 0 Å². The molecule has 6 heteroatoms. The number of ether oxygens (including phenoxy) is 1. The van der Waals surface area contributed by atoms with Gasteiger partial charge in [-0.1, -0.05) is 44.2 Å². The first kappa shape index (κ1) is 18.6.